The summed E-state index contributed by atoms with van der Waals surface area (Å²) in [6, 6.07) is 3.75. The van der Waals surface area contributed by atoms with Gasteiger partial charge in [-0.3, -0.25) is 5.32 Å². The molecule has 1 N–H and O–H groups in total. The highest BCUT2D eigenvalue weighted by molar-refractivity contribution is 5.06. The second kappa shape index (κ2) is 7.87. The molecule has 1 aliphatic rings. The zero-order valence-corrected chi connectivity index (χ0v) is 13.2. The summed E-state index contributed by atoms with van der Waals surface area (Å²) in [7, 11) is 0. The van der Waals surface area contributed by atoms with Crippen LogP contribution in [0.1, 0.15) is 66.2 Å². The van der Waals surface area contributed by atoms with Crippen molar-refractivity contribution in [1.29, 1.82) is 5.26 Å². The Balaban J connectivity index is 2.22. The molecule has 0 aromatic carbocycles. The van der Waals surface area contributed by atoms with Gasteiger partial charge in [-0.15, -0.1) is 0 Å². The zero-order valence-electron chi connectivity index (χ0n) is 13.2. The van der Waals surface area contributed by atoms with Crippen LogP contribution in [-0.2, 0) is 0 Å². The van der Waals surface area contributed by atoms with Crippen molar-refractivity contribution in [2.45, 2.75) is 83.8 Å². The van der Waals surface area contributed by atoms with Crippen LogP contribution in [0, 0.1) is 11.3 Å². The van der Waals surface area contributed by atoms with Gasteiger partial charge in [-0.05, 0) is 65.5 Å². The number of hydrogen-bond acceptors (Lipinski definition) is 3. The van der Waals surface area contributed by atoms with Crippen molar-refractivity contribution < 1.29 is 0 Å². The smallest absolute Gasteiger partial charge is 0.104 e. The van der Waals surface area contributed by atoms with Crippen LogP contribution in [0.4, 0.5) is 0 Å². The molecule has 19 heavy (non-hydrogen) atoms. The van der Waals surface area contributed by atoms with Gasteiger partial charge in [0.05, 0.1) is 6.07 Å². The van der Waals surface area contributed by atoms with Crippen molar-refractivity contribution in [2.24, 2.45) is 0 Å². The third-order valence-electron chi connectivity index (χ3n) is 4.34. The van der Waals surface area contributed by atoms with Gasteiger partial charge in [0.2, 0.25) is 0 Å². The minimum atomic E-state index is -0.311. The predicted octanol–water partition coefficient (Wildman–Crippen LogP) is 3.31. The van der Waals surface area contributed by atoms with Crippen molar-refractivity contribution in [3.8, 4) is 6.07 Å². The fourth-order valence-electron chi connectivity index (χ4n) is 2.58. The van der Waals surface area contributed by atoms with Gasteiger partial charge in [-0.1, -0.05) is 13.8 Å². The normalized spacial score (nSPS) is 20.0. The van der Waals surface area contributed by atoms with Crippen LogP contribution in [0.2, 0.25) is 0 Å². The van der Waals surface area contributed by atoms with Crippen molar-refractivity contribution >= 4 is 0 Å². The summed E-state index contributed by atoms with van der Waals surface area (Å²) in [5.41, 5.74) is -0.311. The molecule has 1 saturated carbocycles. The molecule has 0 heterocycles. The Bertz CT molecular complexity index is 293. The van der Waals surface area contributed by atoms with E-state index in [1.807, 2.05) is 0 Å². The molecular formula is C16H31N3. The van der Waals surface area contributed by atoms with E-state index in [-0.39, 0.29) is 5.54 Å². The molecule has 0 aromatic rings. The fraction of sp³-hybridized carbons (Fsp3) is 0.938. The molecular weight excluding hydrogens is 234 g/mol. The minimum absolute atomic E-state index is 0.311. The monoisotopic (exact) mass is 265 g/mol. The highest BCUT2D eigenvalue weighted by Crippen LogP contribution is 2.24. The van der Waals surface area contributed by atoms with Crippen LogP contribution < -0.4 is 5.32 Å². The number of nitriles is 1. The first-order chi connectivity index (χ1) is 9.04. The number of nitrogens with one attached hydrogen (secondary N) is 1. The fourth-order valence-corrected chi connectivity index (χ4v) is 2.58. The largest absolute Gasteiger partial charge is 0.301 e. The van der Waals surface area contributed by atoms with Crippen molar-refractivity contribution in [2.75, 3.05) is 13.1 Å². The zero-order chi connectivity index (χ0) is 14.3. The topological polar surface area (TPSA) is 39.1 Å². The summed E-state index contributed by atoms with van der Waals surface area (Å²) in [6.45, 7) is 11.1. The lowest BCUT2D eigenvalue weighted by Crippen LogP contribution is -2.42. The van der Waals surface area contributed by atoms with Gasteiger partial charge >= 0.3 is 0 Å². The molecule has 2 atom stereocenters. The average molecular weight is 265 g/mol. The molecule has 0 aromatic heterocycles. The number of rotatable bonds is 10. The van der Waals surface area contributed by atoms with Crippen LogP contribution in [0.5, 0.6) is 0 Å². The molecule has 2 unspecified atom stereocenters. The molecule has 0 bridgehead atoms. The van der Waals surface area contributed by atoms with E-state index in [1.54, 1.807) is 0 Å². The van der Waals surface area contributed by atoms with Crippen LogP contribution >= 0.6 is 0 Å². The molecule has 0 amide bonds. The second-order valence-corrected chi connectivity index (χ2v) is 6.21. The summed E-state index contributed by atoms with van der Waals surface area (Å²) in [5.74, 6) is 0. The standard InChI is InChI=1S/C16H31N3/c1-5-14(3)19(6-2)12-8-7-11-16(4,13-17)18-15-9-10-15/h14-15,18H,5-12H2,1-4H3. The number of hydrogen-bond donors (Lipinski definition) is 1. The van der Waals surface area contributed by atoms with E-state index in [4.69, 9.17) is 0 Å². The summed E-state index contributed by atoms with van der Waals surface area (Å²) < 4.78 is 0. The first-order valence-electron chi connectivity index (χ1n) is 7.97. The van der Waals surface area contributed by atoms with Gasteiger partial charge in [0.25, 0.3) is 0 Å². The van der Waals surface area contributed by atoms with E-state index >= 15 is 0 Å². The summed E-state index contributed by atoms with van der Waals surface area (Å²) in [6.07, 6.45) is 7.01. The lowest BCUT2D eigenvalue weighted by atomic mass is 9.96. The van der Waals surface area contributed by atoms with Crippen molar-refractivity contribution in [3.05, 3.63) is 0 Å². The summed E-state index contributed by atoms with van der Waals surface area (Å²) in [4.78, 5) is 2.54. The van der Waals surface area contributed by atoms with E-state index in [0.717, 1.165) is 25.9 Å². The molecule has 1 rings (SSSR count). The first kappa shape index (κ1) is 16.5. The van der Waals surface area contributed by atoms with Crippen LogP contribution in [-0.4, -0.2) is 35.6 Å². The minimum Gasteiger partial charge on any atom is -0.301 e. The molecule has 1 fully saturated rings. The van der Waals surface area contributed by atoms with E-state index in [2.05, 4.69) is 44.0 Å². The van der Waals surface area contributed by atoms with Crippen LogP contribution in [0.25, 0.3) is 0 Å². The Hall–Kier alpha value is -0.590. The third kappa shape index (κ3) is 5.93. The van der Waals surface area contributed by atoms with Gasteiger partial charge < -0.3 is 4.90 Å². The predicted molar refractivity (Wildman–Crippen MR) is 81.0 cm³/mol. The van der Waals surface area contributed by atoms with Gasteiger partial charge in [-0.2, -0.15) is 5.26 Å². The molecule has 0 aliphatic heterocycles. The number of nitrogens with zero attached hydrogens (tertiary/aromatic N) is 2. The van der Waals surface area contributed by atoms with Gasteiger partial charge in [0.1, 0.15) is 5.54 Å². The van der Waals surface area contributed by atoms with Gasteiger partial charge in [-0.25, -0.2) is 0 Å². The lowest BCUT2D eigenvalue weighted by molar-refractivity contribution is 0.208. The highest BCUT2D eigenvalue weighted by Gasteiger charge is 2.31. The quantitative estimate of drug-likeness (QED) is 0.616. The van der Waals surface area contributed by atoms with Gasteiger partial charge in [0, 0.05) is 12.1 Å². The summed E-state index contributed by atoms with van der Waals surface area (Å²) in [5, 5.41) is 12.8. The number of unbranched alkanes of at least 4 members (excludes halogenated alkanes) is 1. The Kier molecular flexibility index (Phi) is 6.82. The van der Waals surface area contributed by atoms with Crippen LogP contribution in [0.15, 0.2) is 0 Å². The van der Waals surface area contributed by atoms with E-state index in [0.29, 0.717) is 12.1 Å². The second-order valence-electron chi connectivity index (χ2n) is 6.21. The molecule has 0 spiro atoms. The average Bonchev–Trinajstić information content (AvgIpc) is 3.22. The maximum Gasteiger partial charge on any atom is 0.104 e. The van der Waals surface area contributed by atoms with E-state index < -0.39 is 0 Å². The van der Waals surface area contributed by atoms with Gasteiger partial charge in [0.15, 0.2) is 0 Å². The molecule has 3 heteroatoms. The Morgan fingerprint density at radius 2 is 2.05 bits per heavy atom. The molecule has 0 saturated heterocycles. The molecule has 110 valence electrons. The van der Waals surface area contributed by atoms with E-state index in [1.165, 1.54) is 25.7 Å². The highest BCUT2D eigenvalue weighted by atomic mass is 15.1. The molecule has 0 radical (unpaired) electrons. The Morgan fingerprint density at radius 1 is 1.37 bits per heavy atom. The molecule has 1 aliphatic carbocycles. The maximum atomic E-state index is 9.32. The van der Waals surface area contributed by atoms with Crippen LogP contribution in [0.3, 0.4) is 0 Å². The maximum absolute atomic E-state index is 9.32. The van der Waals surface area contributed by atoms with Crippen molar-refractivity contribution in [1.82, 2.24) is 10.2 Å². The van der Waals surface area contributed by atoms with E-state index in [9.17, 15) is 5.26 Å². The molecule has 3 nitrogen and oxygen atoms in total. The summed E-state index contributed by atoms with van der Waals surface area (Å²) >= 11 is 0. The Morgan fingerprint density at radius 3 is 2.53 bits per heavy atom. The SMILES string of the molecule is CCC(C)N(CC)CCCCC(C)(C#N)NC1CC1. The van der Waals surface area contributed by atoms with Crippen molar-refractivity contribution in [3.63, 3.8) is 0 Å². The lowest BCUT2D eigenvalue weighted by Gasteiger charge is -2.28. The third-order valence-corrected chi connectivity index (χ3v) is 4.34. The first-order valence-corrected chi connectivity index (χ1v) is 7.97. The Labute approximate surface area is 119 Å².